The quantitative estimate of drug-likeness (QED) is 0.248. The van der Waals surface area contributed by atoms with Crippen LogP contribution in [0.25, 0.3) is 5.82 Å². The molecule has 0 saturated heterocycles. The summed E-state index contributed by atoms with van der Waals surface area (Å²) in [6.07, 6.45) is 0. The van der Waals surface area contributed by atoms with Gasteiger partial charge in [-0.3, -0.25) is 4.79 Å². The molecule has 26 heavy (non-hydrogen) atoms. The molecule has 0 aromatic carbocycles. The Balaban J connectivity index is 2.25. The number of hydrogen-bond acceptors (Lipinski definition) is 12. The molecular formula is C12H15N9O5. The van der Waals surface area contributed by atoms with Gasteiger partial charge in [-0.05, 0) is 31.1 Å². The maximum absolute atomic E-state index is 12.4. The third kappa shape index (κ3) is 3.63. The minimum Gasteiger partial charge on any atom is -0.461 e. The van der Waals surface area contributed by atoms with Crippen LogP contribution in [-0.2, 0) is 9.53 Å². The van der Waals surface area contributed by atoms with Crippen molar-refractivity contribution in [3.63, 3.8) is 0 Å². The van der Waals surface area contributed by atoms with Crippen molar-refractivity contribution in [3.05, 3.63) is 11.4 Å². The summed E-state index contributed by atoms with van der Waals surface area (Å²) in [6.45, 7) is 4.53. The van der Waals surface area contributed by atoms with Gasteiger partial charge in [0.1, 0.15) is 0 Å². The fraction of sp³-hybridized carbons (Fsp3) is 0.333. The summed E-state index contributed by atoms with van der Waals surface area (Å²) in [6, 6.07) is 0. The number of rotatable bonds is 6. The van der Waals surface area contributed by atoms with Gasteiger partial charge in [-0.25, -0.2) is 14.8 Å². The number of carbonyl (C=O) groups is 2. The molecule has 138 valence electrons. The maximum atomic E-state index is 12.4. The van der Waals surface area contributed by atoms with Crippen molar-refractivity contribution >= 4 is 29.1 Å². The lowest BCUT2D eigenvalue weighted by atomic mass is 10.2. The minimum atomic E-state index is -0.894. The number of oxime groups is 1. The van der Waals surface area contributed by atoms with E-state index in [-0.39, 0.29) is 35.3 Å². The zero-order valence-electron chi connectivity index (χ0n) is 14.0. The van der Waals surface area contributed by atoms with Gasteiger partial charge >= 0.3 is 5.97 Å². The number of ether oxygens (including phenoxy) is 1. The highest BCUT2D eigenvalue weighted by molar-refractivity contribution is 6.65. The van der Waals surface area contributed by atoms with Crippen LogP contribution in [-0.4, -0.2) is 60.4 Å². The standard InChI is InChI=1S/C12H15N9O5/c1-4-25-12(23)7(17-24)5(2)14-16-11(22)8-6(3)15-20-21(8)10-9(13)18-26-19-10/h24H,4H2,1-3H3,(H2,13,18)(H,16,22)/b14-5+,17-7-. The van der Waals surface area contributed by atoms with E-state index in [0.717, 1.165) is 4.68 Å². The summed E-state index contributed by atoms with van der Waals surface area (Å²) < 4.78 is 10.2. The van der Waals surface area contributed by atoms with Crippen molar-refractivity contribution in [3.8, 4) is 5.82 Å². The van der Waals surface area contributed by atoms with E-state index in [1.807, 2.05) is 0 Å². The summed E-state index contributed by atoms with van der Waals surface area (Å²) in [4.78, 5) is 24.0. The number of anilines is 1. The lowest BCUT2D eigenvalue weighted by Gasteiger charge is -2.05. The van der Waals surface area contributed by atoms with Crippen molar-refractivity contribution < 1.29 is 24.2 Å². The lowest BCUT2D eigenvalue weighted by molar-refractivity contribution is -0.134. The van der Waals surface area contributed by atoms with E-state index in [0.29, 0.717) is 0 Å². The molecule has 0 radical (unpaired) electrons. The Morgan fingerprint density at radius 2 is 2.15 bits per heavy atom. The van der Waals surface area contributed by atoms with Crippen molar-refractivity contribution in [1.29, 1.82) is 0 Å². The van der Waals surface area contributed by atoms with Crippen LogP contribution in [0.5, 0.6) is 0 Å². The molecule has 0 unspecified atom stereocenters. The summed E-state index contributed by atoms with van der Waals surface area (Å²) >= 11 is 0. The van der Waals surface area contributed by atoms with E-state index in [9.17, 15) is 9.59 Å². The maximum Gasteiger partial charge on any atom is 0.362 e. The molecule has 2 rings (SSSR count). The number of carbonyl (C=O) groups excluding carboxylic acids is 2. The normalized spacial score (nSPS) is 12.1. The van der Waals surface area contributed by atoms with Crippen LogP contribution in [0, 0.1) is 6.92 Å². The summed E-state index contributed by atoms with van der Waals surface area (Å²) in [5.41, 5.74) is 7.44. The van der Waals surface area contributed by atoms with Gasteiger partial charge in [0.15, 0.2) is 5.69 Å². The van der Waals surface area contributed by atoms with Crippen LogP contribution < -0.4 is 11.2 Å². The van der Waals surface area contributed by atoms with Gasteiger partial charge in [-0.2, -0.15) is 9.78 Å². The molecule has 0 bridgehead atoms. The van der Waals surface area contributed by atoms with Gasteiger partial charge < -0.3 is 15.7 Å². The number of hydrazone groups is 1. The number of esters is 1. The number of hydrogen-bond donors (Lipinski definition) is 3. The molecule has 0 saturated carbocycles. The largest absolute Gasteiger partial charge is 0.461 e. The smallest absolute Gasteiger partial charge is 0.362 e. The molecule has 2 aromatic heterocycles. The number of nitrogen functional groups attached to an aromatic ring is 1. The van der Waals surface area contributed by atoms with Gasteiger partial charge in [0.05, 0.1) is 18.0 Å². The molecule has 1 amide bonds. The predicted octanol–water partition coefficient (Wildman–Crippen LogP) is -0.960. The fourth-order valence-electron chi connectivity index (χ4n) is 1.80. The molecule has 0 aliphatic carbocycles. The first-order valence-corrected chi connectivity index (χ1v) is 7.15. The van der Waals surface area contributed by atoms with Crippen molar-refractivity contribution in [2.45, 2.75) is 20.8 Å². The minimum absolute atomic E-state index is 0.0272. The number of nitrogens with zero attached hydrogens (tertiary/aromatic N) is 7. The first-order valence-electron chi connectivity index (χ1n) is 7.15. The highest BCUT2D eigenvalue weighted by Crippen LogP contribution is 2.14. The van der Waals surface area contributed by atoms with E-state index in [2.05, 4.69) is 40.9 Å². The second kappa shape index (κ2) is 7.82. The van der Waals surface area contributed by atoms with Crippen LogP contribution in [0.4, 0.5) is 5.82 Å². The zero-order valence-corrected chi connectivity index (χ0v) is 14.0. The van der Waals surface area contributed by atoms with Gasteiger partial charge in [-0.15, -0.1) is 5.10 Å². The third-order valence-electron chi connectivity index (χ3n) is 2.99. The van der Waals surface area contributed by atoms with Gasteiger partial charge in [0, 0.05) is 0 Å². The fourth-order valence-corrected chi connectivity index (χ4v) is 1.80. The van der Waals surface area contributed by atoms with Crippen molar-refractivity contribution in [2.24, 2.45) is 10.3 Å². The second-order valence-electron chi connectivity index (χ2n) is 4.72. The molecule has 2 aromatic rings. The van der Waals surface area contributed by atoms with Crippen LogP contribution in [0.3, 0.4) is 0 Å². The van der Waals surface area contributed by atoms with Crippen molar-refractivity contribution in [2.75, 3.05) is 12.3 Å². The summed E-state index contributed by atoms with van der Waals surface area (Å²) in [5.74, 6) is -1.76. The molecule has 0 aliphatic rings. The number of amides is 1. The number of nitrogens with two attached hydrogens (primary N) is 1. The molecule has 14 nitrogen and oxygen atoms in total. The highest BCUT2D eigenvalue weighted by Gasteiger charge is 2.23. The first-order chi connectivity index (χ1) is 12.4. The second-order valence-corrected chi connectivity index (χ2v) is 4.72. The predicted molar refractivity (Wildman–Crippen MR) is 84.8 cm³/mol. The zero-order chi connectivity index (χ0) is 19.3. The molecule has 0 spiro atoms. The molecule has 2 heterocycles. The Morgan fingerprint density at radius 3 is 2.73 bits per heavy atom. The Morgan fingerprint density at radius 1 is 1.42 bits per heavy atom. The Bertz CT molecular complexity index is 882. The van der Waals surface area contributed by atoms with E-state index < -0.39 is 17.6 Å². The van der Waals surface area contributed by atoms with Crippen LogP contribution >= 0.6 is 0 Å². The molecule has 0 aliphatic heterocycles. The van der Waals surface area contributed by atoms with E-state index in [1.165, 1.54) is 13.8 Å². The average molecular weight is 365 g/mol. The first kappa shape index (κ1) is 18.5. The lowest BCUT2D eigenvalue weighted by Crippen LogP contribution is -2.29. The van der Waals surface area contributed by atoms with E-state index in [4.69, 9.17) is 15.7 Å². The third-order valence-corrected chi connectivity index (χ3v) is 2.99. The van der Waals surface area contributed by atoms with Gasteiger partial charge in [-0.1, -0.05) is 10.4 Å². The number of aromatic nitrogens is 5. The highest BCUT2D eigenvalue weighted by atomic mass is 16.6. The molecular weight excluding hydrogens is 350 g/mol. The number of nitrogens with one attached hydrogen (secondary N) is 1. The summed E-state index contributed by atoms with van der Waals surface area (Å²) in [5, 5.41) is 29.9. The van der Waals surface area contributed by atoms with Crippen LogP contribution in [0.15, 0.2) is 14.9 Å². The van der Waals surface area contributed by atoms with Crippen LogP contribution in [0.1, 0.15) is 30.0 Å². The Labute approximate surface area is 145 Å². The Hall–Kier alpha value is -3.84. The SMILES string of the molecule is CCOC(=O)C(=N\O)/C(C)=N/NC(=O)c1c(C)nnn1-c1nonc1N. The van der Waals surface area contributed by atoms with Gasteiger partial charge in [0.25, 0.3) is 5.91 Å². The average Bonchev–Trinajstić information content (AvgIpc) is 3.18. The molecule has 0 fully saturated rings. The van der Waals surface area contributed by atoms with Crippen molar-refractivity contribution in [1.82, 2.24) is 30.7 Å². The van der Waals surface area contributed by atoms with E-state index in [1.54, 1.807) is 6.92 Å². The monoisotopic (exact) mass is 365 g/mol. The Kier molecular flexibility index (Phi) is 5.56. The van der Waals surface area contributed by atoms with Crippen LogP contribution in [0.2, 0.25) is 0 Å². The summed E-state index contributed by atoms with van der Waals surface area (Å²) in [7, 11) is 0. The molecule has 0 atom stereocenters. The molecule has 4 N–H and O–H groups in total. The number of aryl methyl sites for hydroxylation is 1. The van der Waals surface area contributed by atoms with Gasteiger partial charge in [0.2, 0.25) is 17.3 Å². The molecule has 14 heteroatoms. The topological polar surface area (TPSA) is 196 Å². The van der Waals surface area contributed by atoms with E-state index >= 15 is 0 Å².